The molecule has 1 aliphatic heterocycles. The number of hydrogen-bond acceptors (Lipinski definition) is 3. The Kier molecular flexibility index (Phi) is 3.74. The van der Waals surface area contributed by atoms with E-state index in [2.05, 4.69) is 0 Å². The highest BCUT2D eigenvalue weighted by atomic mass is 19.3. The van der Waals surface area contributed by atoms with E-state index in [1.165, 1.54) is 4.90 Å². The molecule has 1 heterocycles. The van der Waals surface area contributed by atoms with Crippen LogP contribution in [-0.4, -0.2) is 46.5 Å². The SMILES string of the molecule is O=C([C@H]1CC1(F)F)N1CCC(Oc2ccccc2)(C(=O)O)CC1. The highest BCUT2D eigenvalue weighted by molar-refractivity contribution is 5.84. The van der Waals surface area contributed by atoms with Gasteiger partial charge >= 0.3 is 5.97 Å². The molecule has 2 fully saturated rings. The summed E-state index contributed by atoms with van der Waals surface area (Å²) in [4.78, 5) is 25.0. The highest BCUT2D eigenvalue weighted by Crippen LogP contribution is 2.49. The summed E-state index contributed by atoms with van der Waals surface area (Å²) >= 11 is 0. The fourth-order valence-corrected chi connectivity index (χ4v) is 2.86. The number of ether oxygens (including phenoxy) is 1. The Balaban J connectivity index is 1.66. The number of piperidine rings is 1. The Morgan fingerprint density at radius 2 is 1.74 bits per heavy atom. The van der Waals surface area contributed by atoms with Gasteiger partial charge < -0.3 is 14.7 Å². The van der Waals surface area contributed by atoms with Crippen LogP contribution in [0, 0.1) is 5.92 Å². The predicted octanol–water partition coefficient (Wildman–Crippen LogP) is 2.17. The van der Waals surface area contributed by atoms with Gasteiger partial charge in [0.15, 0.2) is 0 Å². The lowest BCUT2D eigenvalue weighted by Crippen LogP contribution is -2.54. The number of para-hydroxylation sites is 1. The topological polar surface area (TPSA) is 66.8 Å². The quantitative estimate of drug-likeness (QED) is 0.921. The van der Waals surface area contributed by atoms with E-state index in [0.29, 0.717) is 5.75 Å². The number of benzene rings is 1. The summed E-state index contributed by atoms with van der Waals surface area (Å²) in [7, 11) is 0. The molecule has 3 rings (SSSR count). The van der Waals surface area contributed by atoms with Crippen LogP contribution in [0.25, 0.3) is 0 Å². The van der Waals surface area contributed by atoms with Crippen molar-refractivity contribution in [2.75, 3.05) is 13.1 Å². The van der Waals surface area contributed by atoms with Gasteiger partial charge in [0, 0.05) is 32.4 Å². The van der Waals surface area contributed by atoms with Crippen molar-refractivity contribution in [1.82, 2.24) is 4.90 Å². The Hall–Kier alpha value is -2.18. The van der Waals surface area contributed by atoms with Crippen LogP contribution in [0.4, 0.5) is 8.78 Å². The number of carboxylic acids is 1. The third-order valence-corrected chi connectivity index (χ3v) is 4.45. The minimum Gasteiger partial charge on any atom is -0.478 e. The van der Waals surface area contributed by atoms with Gasteiger partial charge in [-0.2, -0.15) is 0 Å². The monoisotopic (exact) mass is 325 g/mol. The van der Waals surface area contributed by atoms with Gasteiger partial charge in [0.1, 0.15) is 11.7 Å². The van der Waals surface area contributed by atoms with E-state index in [1.54, 1.807) is 30.3 Å². The number of alkyl halides is 2. The molecule has 1 aromatic rings. The molecular weight excluding hydrogens is 308 g/mol. The summed E-state index contributed by atoms with van der Waals surface area (Å²) < 4.78 is 31.7. The van der Waals surface area contributed by atoms with Crippen molar-refractivity contribution < 1.29 is 28.2 Å². The van der Waals surface area contributed by atoms with E-state index in [1.807, 2.05) is 0 Å². The molecule has 1 saturated heterocycles. The molecular formula is C16H17F2NO4. The number of amides is 1. The third kappa shape index (κ3) is 3.00. The standard InChI is InChI=1S/C16H17F2NO4/c17-16(18)10-12(16)13(20)19-8-6-15(7-9-19,14(21)22)23-11-4-2-1-3-5-11/h1-5,12H,6-10H2,(H,21,22)/t12-/m1/s1. The Bertz CT molecular complexity index is 612. The van der Waals surface area contributed by atoms with Crippen molar-refractivity contribution in [2.24, 2.45) is 5.92 Å². The average molecular weight is 325 g/mol. The normalized spacial score (nSPS) is 24.8. The van der Waals surface area contributed by atoms with Gasteiger partial charge in [-0.05, 0) is 12.1 Å². The first-order chi connectivity index (χ1) is 10.8. The smallest absolute Gasteiger partial charge is 0.348 e. The number of halogens is 2. The number of carbonyl (C=O) groups is 2. The first-order valence-corrected chi connectivity index (χ1v) is 7.48. The minimum absolute atomic E-state index is 0.0707. The van der Waals surface area contributed by atoms with Crippen molar-refractivity contribution in [3.05, 3.63) is 30.3 Å². The summed E-state index contributed by atoms with van der Waals surface area (Å²) in [6.07, 6.45) is -0.268. The molecule has 1 aromatic carbocycles. The molecule has 7 heteroatoms. The maximum atomic E-state index is 13.0. The number of likely N-dealkylation sites (tertiary alicyclic amines) is 1. The first-order valence-electron chi connectivity index (χ1n) is 7.48. The van der Waals surface area contributed by atoms with Crippen molar-refractivity contribution in [1.29, 1.82) is 0 Å². The van der Waals surface area contributed by atoms with Gasteiger partial charge in [-0.3, -0.25) is 4.79 Å². The minimum atomic E-state index is -2.90. The van der Waals surface area contributed by atoms with Gasteiger partial charge in [-0.1, -0.05) is 18.2 Å². The van der Waals surface area contributed by atoms with E-state index >= 15 is 0 Å². The molecule has 1 amide bonds. The second kappa shape index (κ2) is 5.47. The number of rotatable bonds is 4. The fraction of sp³-hybridized carbons (Fsp3) is 0.500. The van der Waals surface area contributed by atoms with Crippen LogP contribution in [0.15, 0.2) is 30.3 Å². The van der Waals surface area contributed by atoms with Gasteiger partial charge in [0.2, 0.25) is 11.5 Å². The van der Waals surface area contributed by atoms with Gasteiger partial charge in [-0.15, -0.1) is 0 Å². The van der Waals surface area contributed by atoms with Crippen LogP contribution in [0.3, 0.4) is 0 Å². The molecule has 5 nitrogen and oxygen atoms in total. The number of carboxylic acid groups (broad SMARTS) is 1. The molecule has 0 bridgehead atoms. The second-order valence-electron chi connectivity index (χ2n) is 6.06. The average Bonchev–Trinajstić information content (AvgIpc) is 3.17. The maximum absolute atomic E-state index is 13.0. The molecule has 23 heavy (non-hydrogen) atoms. The molecule has 1 N–H and O–H groups in total. The van der Waals surface area contributed by atoms with Gasteiger partial charge in [0.25, 0.3) is 5.92 Å². The van der Waals surface area contributed by atoms with Crippen molar-refractivity contribution in [3.8, 4) is 5.75 Å². The summed E-state index contributed by atoms with van der Waals surface area (Å²) in [5, 5.41) is 9.53. The Morgan fingerprint density at radius 3 is 2.22 bits per heavy atom. The van der Waals surface area contributed by atoms with Crippen LogP contribution in [-0.2, 0) is 9.59 Å². The van der Waals surface area contributed by atoms with Crippen molar-refractivity contribution in [2.45, 2.75) is 30.8 Å². The lowest BCUT2D eigenvalue weighted by atomic mass is 9.90. The van der Waals surface area contributed by atoms with Gasteiger partial charge in [-0.25, -0.2) is 13.6 Å². The van der Waals surface area contributed by atoms with E-state index < -0.39 is 35.7 Å². The molecule has 0 unspecified atom stereocenters. The first kappa shape index (κ1) is 15.7. The zero-order valence-electron chi connectivity index (χ0n) is 12.4. The summed E-state index contributed by atoms with van der Waals surface area (Å²) in [5.74, 6) is -5.41. The van der Waals surface area contributed by atoms with E-state index in [-0.39, 0.29) is 25.9 Å². The molecule has 0 aromatic heterocycles. The molecule has 1 saturated carbocycles. The summed E-state index contributed by atoms with van der Waals surface area (Å²) in [5.41, 5.74) is -1.43. The molecule has 0 spiro atoms. The lowest BCUT2D eigenvalue weighted by Gasteiger charge is -2.39. The Labute approximate surface area is 131 Å². The number of carbonyl (C=O) groups excluding carboxylic acids is 1. The van der Waals surface area contributed by atoms with E-state index in [9.17, 15) is 23.5 Å². The number of nitrogens with zero attached hydrogens (tertiary/aromatic N) is 1. The molecule has 2 aliphatic rings. The maximum Gasteiger partial charge on any atom is 0.348 e. The lowest BCUT2D eigenvalue weighted by molar-refractivity contribution is -0.162. The zero-order valence-corrected chi connectivity index (χ0v) is 12.4. The predicted molar refractivity (Wildman–Crippen MR) is 76.3 cm³/mol. The third-order valence-electron chi connectivity index (χ3n) is 4.45. The second-order valence-corrected chi connectivity index (χ2v) is 6.06. The molecule has 0 radical (unpaired) electrons. The van der Waals surface area contributed by atoms with Crippen LogP contribution in [0.1, 0.15) is 19.3 Å². The van der Waals surface area contributed by atoms with Crippen LogP contribution in [0.2, 0.25) is 0 Å². The summed E-state index contributed by atoms with van der Waals surface area (Å²) in [6, 6.07) is 8.58. The Morgan fingerprint density at radius 1 is 1.17 bits per heavy atom. The van der Waals surface area contributed by atoms with Crippen molar-refractivity contribution >= 4 is 11.9 Å². The number of hydrogen-bond donors (Lipinski definition) is 1. The van der Waals surface area contributed by atoms with Crippen LogP contribution in [0.5, 0.6) is 5.75 Å². The van der Waals surface area contributed by atoms with E-state index in [0.717, 1.165) is 0 Å². The molecule has 1 atom stereocenters. The van der Waals surface area contributed by atoms with Crippen molar-refractivity contribution in [3.63, 3.8) is 0 Å². The fourth-order valence-electron chi connectivity index (χ4n) is 2.86. The van der Waals surface area contributed by atoms with Crippen LogP contribution >= 0.6 is 0 Å². The van der Waals surface area contributed by atoms with Crippen LogP contribution < -0.4 is 4.74 Å². The van der Waals surface area contributed by atoms with Gasteiger partial charge in [0.05, 0.1) is 0 Å². The number of aliphatic carboxylic acids is 1. The zero-order chi connectivity index (χ0) is 16.7. The summed E-state index contributed by atoms with van der Waals surface area (Å²) in [6.45, 7) is 0.203. The molecule has 1 aliphatic carbocycles. The van der Waals surface area contributed by atoms with E-state index in [4.69, 9.17) is 4.74 Å². The largest absolute Gasteiger partial charge is 0.478 e. The molecule has 124 valence electrons. The highest BCUT2D eigenvalue weighted by Gasteiger charge is 2.62.